The highest BCUT2D eigenvalue weighted by atomic mass is 19.4. The van der Waals surface area contributed by atoms with Crippen LogP contribution >= 0.6 is 0 Å². The number of rotatable bonds is 11. The Balaban J connectivity index is 3.72. The third-order valence-electron chi connectivity index (χ3n) is 4.72. The third-order valence-corrected chi connectivity index (χ3v) is 4.72. The minimum absolute atomic E-state index is 0.393. The highest BCUT2D eigenvalue weighted by Gasteiger charge is 2.93. The highest BCUT2D eigenvalue weighted by molar-refractivity contribution is 5.50. The lowest BCUT2D eigenvalue weighted by Crippen LogP contribution is -2.72. The van der Waals surface area contributed by atoms with Crippen molar-refractivity contribution in [3.8, 4) is 11.5 Å². The number of hydrogen-bond acceptors (Lipinski definition) is 4. The fourth-order valence-corrected chi connectivity index (χ4v) is 2.61. The molecule has 1 rings (SSSR count). The number of ether oxygens (including phenoxy) is 2. The number of aliphatic hydroxyl groups excluding tert-OH is 2. The van der Waals surface area contributed by atoms with Gasteiger partial charge in [0.2, 0.25) is 5.83 Å². The molecule has 0 aromatic heterocycles. The maximum absolute atomic E-state index is 14.0. The molecule has 0 atom stereocenters. The molecule has 0 aliphatic carbocycles. The number of halogens is 17. The molecule has 21 heteroatoms. The predicted molar refractivity (Wildman–Crippen MR) is 90.4 cm³/mol. The first-order valence-electron chi connectivity index (χ1n) is 9.23. The van der Waals surface area contributed by atoms with Crippen molar-refractivity contribution in [1.82, 2.24) is 0 Å². The average molecular weight is 614 g/mol. The third kappa shape index (κ3) is 5.13. The van der Waals surface area contributed by atoms with E-state index in [1.165, 1.54) is 0 Å². The zero-order valence-corrected chi connectivity index (χ0v) is 18.2. The Bertz CT molecular complexity index is 1080. The molecule has 0 aliphatic heterocycles. The first-order chi connectivity index (χ1) is 17.2. The Kier molecular flexibility index (Phi) is 9.12. The van der Waals surface area contributed by atoms with Crippen molar-refractivity contribution in [2.75, 3.05) is 7.11 Å². The molecule has 1 aromatic rings. The molecule has 4 nitrogen and oxygen atoms in total. The summed E-state index contributed by atoms with van der Waals surface area (Å²) >= 11 is 0. The van der Waals surface area contributed by atoms with Crippen molar-refractivity contribution < 1.29 is 94.3 Å². The molecule has 0 aliphatic rings. The van der Waals surface area contributed by atoms with E-state index in [9.17, 15) is 74.6 Å². The molecular weight excluding hydrogens is 603 g/mol. The second-order valence-electron chi connectivity index (χ2n) is 7.24. The monoisotopic (exact) mass is 614 g/mol. The molecule has 0 fully saturated rings. The summed E-state index contributed by atoms with van der Waals surface area (Å²) in [6.45, 7) is -2.10. The van der Waals surface area contributed by atoms with E-state index in [4.69, 9.17) is 10.2 Å². The molecule has 1 aromatic carbocycles. The van der Waals surface area contributed by atoms with Gasteiger partial charge >= 0.3 is 47.7 Å². The molecule has 0 spiro atoms. The average Bonchev–Trinajstić information content (AvgIpc) is 2.81. The number of hydrogen-bond donors (Lipinski definition) is 2. The Morgan fingerprint density at radius 2 is 1.10 bits per heavy atom. The molecule has 0 heterocycles. The Morgan fingerprint density at radius 3 is 1.49 bits per heavy atom. The molecule has 0 saturated carbocycles. The summed E-state index contributed by atoms with van der Waals surface area (Å²) in [6, 6.07) is -2.43. The van der Waals surface area contributed by atoms with Gasteiger partial charge in [-0.3, -0.25) is 0 Å². The molecule has 226 valence electrons. The minimum atomic E-state index is -8.70. The lowest BCUT2D eigenvalue weighted by molar-refractivity contribution is -0.451. The van der Waals surface area contributed by atoms with Gasteiger partial charge < -0.3 is 19.7 Å². The standard InChI is InChI=1S/C18H11F17O4/c1-38-9-7(5-37)2-6(4-36)3-8(9)39-11(20)10(19)12(21,22)13(23,24)14(25,26)15(27,28)16(29,30)17(31,32)18(33,34)35/h2-3,36-37H,4-5H2,1H3. The lowest BCUT2D eigenvalue weighted by atomic mass is 9.91. The van der Waals surface area contributed by atoms with Crippen molar-refractivity contribution in [3.05, 3.63) is 35.1 Å². The van der Waals surface area contributed by atoms with Crippen LogP contribution in [0.3, 0.4) is 0 Å². The van der Waals surface area contributed by atoms with Gasteiger partial charge in [-0.15, -0.1) is 0 Å². The van der Waals surface area contributed by atoms with Crippen LogP contribution in [-0.4, -0.2) is 59.0 Å². The van der Waals surface area contributed by atoms with Crippen LogP contribution < -0.4 is 9.47 Å². The maximum Gasteiger partial charge on any atom is 0.460 e. The summed E-state index contributed by atoms with van der Waals surface area (Å²) in [7, 11) is 0.695. The van der Waals surface area contributed by atoms with Gasteiger partial charge in [0, 0.05) is 5.56 Å². The van der Waals surface area contributed by atoms with E-state index < -0.39 is 89.4 Å². The van der Waals surface area contributed by atoms with E-state index in [1.807, 2.05) is 0 Å². The first kappa shape index (κ1) is 34.3. The molecular formula is C18H11F17O4. The highest BCUT2D eigenvalue weighted by Crippen LogP contribution is 2.63. The summed E-state index contributed by atoms with van der Waals surface area (Å²) in [6.07, 6.45) is -7.82. The van der Waals surface area contributed by atoms with Crippen LogP contribution in [0.1, 0.15) is 11.1 Å². The van der Waals surface area contributed by atoms with Gasteiger partial charge in [0.25, 0.3) is 0 Å². The number of benzene rings is 1. The molecule has 2 N–H and O–H groups in total. The molecule has 0 bridgehead atoms. The summed E-state index contributed by atoms with van der Waals surface area (Å²) in [5.74, 6) is -57.0. The van der Waals surface area contributed by atoms with E-state index in [-0.39, 0.29) is 0 Å². The number of aliphatic hydroxyl groups is 2. The van der Waals surface area contributed by atoms with E-state index in [0.29, 0.717) is 13.2 Å². The smallest absolute Gasteiger partial charge is 0.460 e. The summed E-state index contributed by atoms with van der Waals surface area (Å²) in [5.41, 5.74) is -0.914. The Morgan fingerprint density at radius 1 is 0.667 bits per heavy atom. The van der Waals surface area contributed by atoms with Crippen LogP contribution in [0.4, 0.5) is 74.6 Å². The van der Waals surface area contributed by atoms with Gasteiger partial charge in [-0.2, -0.15) is 74.6 Å². The van der Waals surface area contributed by atoms with E-state index in [2.05, 4.69) is 9.47 Å². The normalized spacial score (nSPS) is 15.3. The molecule has 0 unspecified atom stereocenters. The van der Waals surface area contributed by atoms with Gasteiger partial charge in [0.1, 0.15) is 0 Å². The molecule has 0 radical (unpaired) electrons. The fourth-order valence-electron chi connectivity index (χ4n) is 2.61. The second-order valence-corrected chi connectivity index (χ2v) is 7.24. The van der Waals surface area contributed by atoms with E-state index in [0.717, 1.165) is 6.07 Å². The van der Waals surface area contributed by atoms with Crippen molar-refractivity contribution in [2.24, 2.45) is 0 Å². The predicted octanol–water partition coefficient (Wildman–Crippen LogP) is 6.54. The zero-order chi connectivity index (χ0) is 31.2. The quantitative estimate of drug-likeness (QED) is 0.220. The van der Waals surface area contributed by atoms with Gasteiger partial charge in [0.05, 0.1) is 20.3 Å². The summed E-state index contributed by atoms with van der Waals surface area (Å²) in [5, 5.41) is 18.2. The number of methoxy groups -OCH3 is 1. The molecule has 0 saturated heterocycles. The van der Waals surface area contributed by atoms with E-state index in [1.54, 1.807) is 0 Å². The first-order valence-corrected chi connectivity index (χ1v) is 9.23. The minimum Gasteiger partial charge on any atom is -0.492 e. The van der Waals surface area contributed by atoms with Crippen LogP contribution in [0, 0.1) is 0 Å². The van der Waals surface area contributed by atoms with Gasteiger partial charge in [0.15, 0.2) is 11.5 Å². The Labute approximate surface area is 204 Å². The number of allylic oxidation sites excluding steroid dienone is 1. The van der Waals surface area contributed by atoms with Crippen molar-refractivity contribution in [1.29, 1.82) is 0 Å². The SMILES string of the molecule is COc1c(CO)cc(CO)cc1OC(F)=C(F)C(F)(F)C(F)(F)C(F)(F)C(F)(F)C(F)(F)C(F)(F)C(F)(F)F. The second kappa shape index (κ2) is 10.4. The zero-order valence-electron chi connectivity index (χ0n) is 18.2. The molecule has 39 heavy (non-hydrogen) atoms. The van der Waals surface area contributed by atoms with Crippen molar-refractivity contribution >= 4 is 0 Å². The fraction of sp³-hybridized carbons (Fsp3) is 0.556. The lowest BCUT2D eigenvalue weighted by Gasteiger charge is -2.41. The van der Waals surface area contributed by atoms with Crippen molar-refractivity contribution in [2.45, 2.75) is 54.9 Å². The molecule has 0 amide bonds. The van der Waals surface area contributed by atoms with Crippen LogP contribution in [0.2, 0.25) is 0 Å². The number of alkyl halides is 15. The van der Waals surface area contributed by atoms with Gasteiger partial charge in [-0.05, 0) is 17.7 Å². The van der Waals surface area contributed by atoms with Gasteiger partial charge in [-0.25, -0.2) is 0 Å². The summed E-state index contributed by atoms with van der Waals surface area (Å²) in [4.78, 5) is 0. The summed E-state index contributed by atoms with van der Waals surface area (Å²) < 4.78 is 234. The van der Waals surface area contributed by atoms with Crippen molar-refractivity contribution in [3.63, 3.8) is 0 Å². The Hall–Kier alpha value is -2.71. The van der Waals surface area contributed by atoms with Gasteiger partial charge in [-0.1, -0.05) is 0 Å². The largest absolute Gasteiger partial charge is 0.492 e. The van der Waals surface area contributed by atoms with Crippen LogP contribution in [0.5, 0.6) is 11.5 Å². The van der Waals surface area contributed by atoms with Crippen LogP contribution in [0.15, 0.2) is 24.0 Å². The van der Waals surface area contributed by atoms with Crippen LogP contribution in [0.25, 0.3) is 0 Å². The maximum atomic E-state index is 14.0. The van der Waals surface area contributed by atoms with E-state index >= 15 is 0 Å². The topological polar surface area (TPSA) is 58.9 Å². The van der Waals surface area contributed by atoms with Crippen LogP contribution in [-0.2, 0) is 13.2 Å².